The Morgan fingerprint density at radius 2 is 2.05 bits per heavy atom. The van der Waals surface area contributed by atoms with Crippen LogP contribution in [-0.4, -0.2) is 23.4 Å². The number of ether oxygens (including phenoxy) is 1. The lowest BCUT2D eigenvalue weighted by atomic mass is 9.48. The van der Waals surface area contributed by atoms with Crippen LogP contribution in [0.4, 0.5) is 0 Å². The van der Waals surface area contributed by atoms with Crippen LogP contribution in [0.1, 0.15) is 58.8 Å². The highest BCUT2D eigenvalue weighted by atomic mass is 16.6. The van der Waals surface area contributed by atoms with Crippen LogP contribution < -0.4 is 0 Å². The standard InChI is InChI=1S/C19H28O2/c1-18-7-5-12(20)9-11(18)3-4-13-14(18)6-8-19(2)15(13)10-16-17(19)21-16/h3,12-17,20H,4-10H2,1-2H3/t12-,13+,14-,15-,16?,17+,18-,19-/m0/s1. The van der Waals surface area contributed by atoms with Crippen LogP contribution in [0.2, 0.25) is 0 Å². The van der Waals surface area contributed by atoms with Gasteiger partial charge in [0.05, 0.1) is 18.3 Å². The fourth-order valence-corrected chi connectivity index (χ4v) is 6.94. The molecule has 1 heterocycles. The highest BCUT2D eigenvalue weighted by Crippen LogP contribution is 2.68. The molecule has 5 rings (SSSR count). The molecule has 4 aliphatic carbocycles. The van der Waals surface area contributed by atoms with E-state index < -0.39 is 0 Å². The second-order valence-corrected chi connectivity index (χ2v) is 9.03. The third-order valence-corrected chi connectivity index (χ3v) is 8.23. The van der Waals surface area contributed by atoms with Crippen molar-refractivity contribution in [1.82, 2.24) is 0 Å². The van der Waals surface area contributed by atoms with Crippen molar-refractivity contribution in [3.05, 3.63) is 11.6 Å². The third-order valence-electron chi connectivity index (χ3n) is 8.23. The quantitative estimate of drug-likeness (QED) is 0.545. The first-order valence-corrected chi connectivity index (χ1v) is 9.05. The van der Waals surface area contributed by atoms with Gasteiger partial charge in [-0.05, 0) is 73.5 Å². The molecule has 5 aliphatic rings. The van der Waals surface area contributed by atoms with Crippen molar-refractivity contribution in [2.45, 2.75) is 77.1 Å². The first-order chi connectivity index (χ1) is 10.0. The van der Waals surface area contributed by atoms with Crippen molar-refractivity contribution in [1.29, 1.82) is 0 Å². The monoisotopic (exact) mass is 288 g/mol. The SMILES string of the molecule is C[C@]12CC[C@H]3[C@@H](CC=C4C[C@@H](O)CC[C@@]43C)[C@@H]1CC1O[C@H]12. The molecule has 116 valence electrons. The minimum atomic E-state index is -0.0812. The van der Waals surface area contributed by atoms with Crippen LogP contribution in [-0.2, 0) is 4.74 Å². The van der Waals surface area contributed by atoms with Gasteiger partial charge in [-0.3, -0.25) is 0 Å². The lowest BCUT2D eigenvalue weighted by Gasteiger charge is -2.57. The minimum absolute atomic E-state index is 0.0812. The predicted octanol–water partition coefficient (Wildman–Crippen LogP) is 3.69. The second-order valence-electron chi connectivity index (χ2n) is 9.03. The Morgan fingerprint density at radius 3 is 2.90 bits per heavy atom. The van der Waals surface area contributed by atoms with Gasteiger partial charge in [-0.25, -0.2) is 0 Å². The molecular weight excluding hydrogens is 260 g/mol. The summed E-state index contributed by atoms with van der Waals surface area (Å²) in [7, 11) is 0. The highest BCUT2D eigenvalue weighted by molar-refractivity contribution is 5.26. The van der Waals surface area contributed by atoms with Gasteiger partial charge in [0, 0.05) is 0 Å². The van der Waals surface area contributed by atoms with E-state index in [2.05, 4.69) is 19.9 Å². The molecule has 0 bridgehead atoms. The minimum Gasteiger partial charge on any atom is -0.393 e. The van der Waals surface area contributed by atoms with Gasteiger partial charge in [-0.1, -0.05) is 25.5 Å². The van der Waals surface area contributed by atoms with Gasteiger partial charge >= 0.3 is 0 Å². The molecule has 1 unspecified atom stereocenters. The highest BCUT2D eigenvalue weighted by Gasteiger charge is 2.67. The molecule has 8 atom stereocenters. The summed E-state index contributed by atoms with van der Waals surface area (Å²) in [5.74, 6) is 2.63. The Labute approximate surface area is 127 Å². The van der Waals surface area contributed by atoms with E-state index in [1.54, 1.807) is 5.57 Å². The topological polar surface area (TPSA) is 32.8 Å². The molecule has 1 saturated heterocycles. The summed E-state index contributed by atoms with van der Waals surface area (Å²) in [6.45, 7) is 5.02. The van der Waals surface area contributed by atoms with E-state index in [0.717, 1.165) is 30.6 Å². The van der Waals surface area contributed by atoms with Gasteiger partial charge in [-0.2, -0.15) is 0 Å². The molecule has 1 N–H and O–H groups in total. The van der Waals surface area contributed by atoms with E-state index in [-0.39, 0.29) is 6.10 Å². The van der Waals surface area contributed by atoms with Crippen molar-refractivity contribution in [2.75, 3.05) is 0 Å². The van der Waals surface area contributed by atoms with Crippen LogP contribution in [0.25, 0.3) is 0 Å². The molecular formula is C19H28O2. The maximum absolute atomic E-state index is 10.0. The molecule has 21 heavy (non-hydrogen) atoms. The molecule has 2 heteroatoms. The molecule has 0 spiro atoms. The second kappa shape index (κ2) is 3.94. The Morgan fingerprint density at radius 1 is 1.19 bits per heavy atom. The van der Waals surface area contributed by atoms with E-state index in [0.29, 0.717) is 23.0 Å². The summed E-state index contributed by atoms with van der Waals surface area (Å²) in [5.41, 5.74) is 2.45. The maximum atomic E-state index is 10.0. The molecule has 0 radical (unpaired) electrons. The Balaban J connectivity index is 1.50. The Hall–Kier alpha value is -0.340. The summed E-state index contributed by atoms with van der Waals surface area (Å²) in [6, 6.07) is 0. The van der Waals surface area contributed by atoms with Crippen molar-refractivity contribution in [2.24, 2.45) is 28.6 Å². The zero-order valence-corrected chi connectivity index (χ0v) is 13.3. The number of rotatable bonds is 0. The summed E-state index contributed by atoms with van der Waals surface area (Å²) < 4.78 is 5.90. The molecule has 0 aromatic rings. The van der Waals surface area contributed by atoms with Gasteiger partial charge in [0.25, 0.3) is 0 Å². The molecule has 0 aromatic heterocycles. The van der Waals surface area contributed by atoms with E-state index in [4.69, 9.17) is 4.74 Å². The number of hydrogen-bond acceptors (Lipinski definition) is 2. The summed E-state index contributed by atoms with van der Waals surface area (Å²) in [4.78, 5) is 0. The third kappa shape index (κ3) is 1.56. The summed E-state index contributed by atoms with van der Waals surface area (Å²) >= 11 is 0. The number of allylic oxidation sites excluding steroid dienone is 1. The molecule has 1 aliphatic heterocycles. The lowest BCUT2D eigenvalue weighted by Crippen LogP contribution is -2.50. The Kier molecular flexibility index (Phi) is 2.47. The first-order valence-electron chi connectivity index (χ1n) is 9.05. The molecule has 3 saturated carbocycles. The summed E-state index contributed by atoms with van der Waals surface area (Å²) in [5, 5.41) is 10.0. The average molecular weight is 288 g/mol. The van der Waals surface area contributed by atoms with Crippen molar-refractivity contribution >= 4 is 0 Å². The van der Waals surface area contributed by atoms with Crippen LogP contribution >= 0.6 is 0 Å². The number of hydrogen-bond donors (Lipinski definition) is 1. The number of aliphatic hydroxyl groups excluding tert-OH is 1. The number of aliphatic hydroxyl groups is 1. The van der Waals surface area contributed by atoms with Crippen LogP contribution in [0, 0.1) is 28.6 Å². The largest absolute Gasteiger partial charge is 0.393 e. The zero-order valence-electron chi connectivity index (χ0n) is 13.3. The van der Waals surface area contributed by atoms with Crippen molar-refractivity contribution < 1.29 is 9.84 Å². The smallest absolute Gasteiger partial charge is 0.0898 e. The molecule has 0 amide bonds. The van der Waals surface area contributed by atoms with Crippen LogP contribution in [0.3, 0.4) is 0 Å². The van der Waals surface area contributed by atoms with Gasteiger partial charge < -0.3 is 9.84 Å². The van der Waals surface area contributed by atoms with Gasteiger partial charge in [0.1, 0.15) is 0 Å². The zero-order chi connectivity index (χ0) is 14.4. The molecule has 4 fully saturated rings. The van der Waals surface area contributed by atoms with Crippen molar-refractivity contribution in [3.8, 4) is 0 Å². The van der Waals surface area contributed by atoms with E-state index >= 15 is 0 Å². The Bertz CT molecular complexity index is 512. The van der Waals surface area contributed by atoms with Crippen LogP contribution in [0.15, 0.2) is 11.6 Å². The molecule has 0 aromatic carbocycles. The fourth-order valence-electron chi connectivity index (χ4n) is 6.94. The summed E-state index contributed by atoms with van der Waals surface area (Å²) in [6.07, 6.45) is 12.1. The van der Waals surface area contributed by atoms with Gasteiger partial charge in [0.15, 0.2) is 0 Å². The normalized spacial score (nSPS) is 61.2. The first kappa shape index (κ1) is 13.1. The number of fused-ring (bicyclic) bond motifs is 7. The fraction of sp³-hybridized carbons (Fsp3) is 0.895. The number of epoxide rings is 1. The van der Waals surface area contributed by atoms with E-state index in [1.165, 1.54) is 32.1 Å². The average Bonchev–Trinajstić information content (AvgIpc) is 3.17. The lowest BCUT2D eigenvalue weighted by molar-refractivity contribution is -0.0612. The van der Waals surface area contributed by atoms with E-state index in [9.17, 15) is 5.11 Å². The van der Waals surface area contributed by atoms with Gasteiger partial charge in [-0.15, -0.1) is 0 Å². The van der Waals surface area contributed by atoms with Crippen LogP contribution in [0.5, 0.6) is 0 Å². The predicted molar refractivity (Wildman–Crippen MR) is 81.8 cm³/mol. The molecule has 2 nitrogen and oxygen atoms in total. The van der Waals surface area contributed by atoms with E-state index in [1.807, 2.05) is 0 Å². The van der Waals surface area contributed by atoms with Gasteiger partial charge in [0.2, 0.25) is 0 Å². The maximum Gasteiger partial charge on any atom is 0.0898 e. The van der Waals surface area contributed by atoms with Crippen molar-refractivity contribution in [3.63, 3.8) is 0 Å².